The van der Waals surface area contributed by atoms with Gasteiger partial charge in [0.05, 0.1) is 22.2 Å². The zero-order valence-electron chi connectivity index (χ0n) is 35.3. The van der Waals surface area contributed by atoms with E-state index in [1.807, 2.05) is 13.8 Å². The number of hydrogen-bond acceptors (Lipinski definition) is 4. The first-order valence-electron chi connectivity index (χ1n) is 19.1. The van der Waals surface area contributed by atoms with Crippen LogP contribution in [-0.2, 0) is 19.2 Å². The molecule has 0 amide bonds. The predicted molar refractivity (Wildman–Crippen MR) is 205 cm³/mol. The molecule has 8 nitrogen and oxygen atoms in total. The highest BCUT2D eigenvalue weighted by atomic mass is 16.4. The van der Waals surface area contributed by atoms with Crippen LogP contribution in [0.2, 0.25) is 0 Å². The summed E-state index contributed by atoms with van der Waals surface area (Å²) in [5, 5.41) is 36.3. The van der Waals surface area contributed by atoms with Gasteiger partial charge in [0.1, 0.15) is 0 Å². The maximum absolute atomic E-state index is 11.2. The molecule has 0 saturated heterocycles. The fourth-order valence-corrected chi connectivity index (χ4v) is 8.29. The molecule has 0 heterocycles. The van der Waals surface area contributed by atoms with Gasteiger partial charge in [-0.15, -0.1) is 0 Å². The second-order valence-corrected chi connectivity index (χ2v) is 20.7. The molecule has 2 atom stereocenters. The highest BCUT2D eigenvalue weighted by Crippen LogP contribution is 2.46. The standard InChI is InChI=1S/2C11H20O2.C11H22O2.C9H18O2/c1-10(2,3)8-11(9(12)13)6-4-5-7-11;1-11(2,3)9-7-5-4-6-8(9)10(12)13;1-6-11(7-2,9(12)13)8-10(3,4)5;1-8(2,3)6-9(4,5)7(10)11/h4-8H2,1-3H3,(H,12,13);8-9H,4-7H2,1-3H3,(H,12,13);6-8H2,1-5H3,(H,12,13);6H2,1-5H3,(H,10,11). The number of carboxylic acid groups (broad SMARTS) is 4. The van der Waals surface area contributed by atoms with Crippen molar-refractivity contribution < 1.29 is 39.6 Å². The van der Waals surface area contributed by atoms with Crippen LogP contribution >= 0.6 is 0 Å². The molecular formula is C42H80O8. The van der Waals surface area contributed by atoms with Crippen molar-refractivity contribution in [2.24, 2.45) is 49.7 Å². The van der Waals surface area contributed by atoms with Crippen LogP contribution in [0.4, 0.5) is 0 Å². The van der Waals surface area contributed by atoms with E-state index in [0.717, 1.165) is 70.6 Å². The van der Waals surface area contributed by atoms with Crippen LogP contribution in [-0.4, -0.2) is 44.3 Å². The molecule has 8 heteroatoms. The highest BCUT2D eigenvalue weighted by molar-refractivity contribution is 5.75. The molecule has 0 aromatic rings. The Morgan fingerprint density at radius 3 is 1.22 bits per heavy atom. The lowest BCUT2D eigenvalue weighted by molar-refractivity contribution is -0.152. The third-order valence-electron chi connectivity index (χ3n) is 10.3. The second kappa shape index (κ2) is 19.6. The van der Waals surface area contributed by atoms with Crippen LogP contribution in [0.3, 0.4) is 0 Å². The van der Waals surface area contributed by atoms with E-state index in [1.54, 1.807) is 13.8 Å². The van der Waals surface area contributed by atoms with Crippen molar-refractivity contribution >= 4 is 23.9 Å². The summed E-state index contributed by atoms with van der Waals surface area (Å²) in [6, 6.07) is 0. The lowest BCUT2D eigenvalue weighted by Crippen LogP contribution is -2.35. The topological polar surface area (TPSA) is 149 Å². The lowest BCUT2D eigenvalue weighted by atomic mass is 9.66. The summed E-state index contributed by atoms with van der Waals surface area (Å²) >= 11 is 0. The van der Waals surface area contributed by atoms with Crippen LogP contribution in [0.25, 0.3) is 0 Å². The van der Waals surface area contributed by atoms with Gasteiger partial charge >= 0.3 is 23.9 Å². The molecule has 50 heavy (non-hydrogen) atoms. The van der Waals surface area contributed by atoms with Crippen molar-refractivity contribution in [2.75, 3.05) is 0 Å². The molecule has 0 aromatic heterocycles. The van der Waals surface area contributed by atoms with Crippen LogP contribution in [0.1, 0.15) is 194 Å². The van der Waals surface area contributed by atoms with Crippen LogP contribution in [0, 0.1) is 49.7 Å². The molecule has 0 radical (unpaired) electrons. The van der Waals surface area contributed by atoms with E-state index in [0.29, 0.717) is 12.3 Å². The number of carboxylic acids is 4. The maximum Gasteiger partial charge on any atom is 0.309 e. The Bertz CT molecular complexity index is 1020. The fraction of sp³-hybridized carbons (Fsp3) is 0.905. The van der Waals surface area contributed by atoms with Gasteiger partial charge in [0.25, 0.3) is 0 Å². The van der Waals surface area contributed by atoms with Gasteiger partial charge in [-0.1, -0.05) is 123 Å². The Morgan fingerprint density at radius 1 is 0.580 bits per heavy atom. The molecule has 0 aliphatic heterocycles. The minimum absolute atomic E-state index is 0.0852. The largest absolute Gasteiger partial charge is 0.481 e. The Hall–Kier alpha value is -2.12. The average Bonchev–Trinajstić information content (AvgIpc) is 3.39. The van der Waals surface area contributed by atoms with Crippen molar-refractivity contribution in [1.82, 2.24) is 0 Å². The number of hydrogen-bond donors (Lipinski definition) is 4. The molecule has 0 bridgehead atoms. The maximum atomic E-state index is 11.2. The Morgan fingerprint density at radius 2 is 1.00 bits per heavy atom. The monoisotopic (exact) mass is 713 g/mol. The quantitative estimate of drug-likeness (QED) is 0.184. The smallest absolute Gasteiger partial charge is 0.309 e. The predicted octanol–water partition coefficient (Wildman–Crippen LogP) is 11.8. The summed E-state index contributed by atoms with van der Waals surface area (Å²) in [6.07, 6.45) is 11.9. The molecule has 2 aliphatic rings. The molecule has 0 spiro atoms. The summed E-state index contributed by atoms with van der Waals surface area (Å²) in [5.41, 5.74) is -1.08. The number of rotatable bonds is 9. The first-order chi connectivity index (χ1) is 22.2. The molecule has 4 N–H and O–H groups in total. The molecule has 296 valence electrons. The zero-order chi connectivity index (χ0) is 40.2. The van der Waals surface area contributed by atoms with Gasteiger partial charge in [0, 0.05) is 0 Å². The van der Waals surface area contributed by atoms with Crippen molar-refractivity contribution in [2.45, 2.75) is 194 Å². The number of carbonyl (C=O) groups is 4. The molecule has 2 rings (SSSR count). The molecule has 2 fully saturated rings. The van der Waals surface area contributed by atoms with E-state index in [1.165, 1.54) is 6.42 Å². The van der Waals surface area contributed by atoms with E-state index in [-0.39, 0.29) is 27.6 Å². The highest BCUT2D eigenvalue weighted by Gasteiger charge is 2.44. The summed E-state index contributed by atoms with van der Waals surface area (Å²) in [4.78, 5) is 44.1. The Kier molecular flexibility index (Phi) is 19.6. The molecule has 0 aromatic carbocycles. The van der Waals surface area contributed by atoms with Gasteiger partial charge in [-0.3, -0.25) is 19.2 Å². The lowest BCUT2D eigenvalue weighted by Gasteiger charge is -2.38. The van der Waals surface area contributed by atoms with Gasteiger partial charge in [-0.2, -0.15) is 0 Å². The third-order valence-corrected chi connectivity index (χ3v) is 10.3. The summed E-state index contributed by atoms with van der Waals surface area (Å²) in [5.74, 6) is -2.29. The Labute approximate surface area is 307 Å². The average molecular weight is 713 g/mol. The first kappa shape index (κ1) is 50.0. The minimum Gasteiger partial charge on any atom is -0.481 e. The van der Waals surface area contributed by atoms with E-state index < -0.39 is 40.1 Å². The molecule has 2 unspecified atom stereocenters. The van der Waals surface area contributed by atoms with Crippen molar-refractivity contribution in [1.29, 1.82) is 0 Å². The minimum atomic E-state index is -0.715. The molecule has 2 aliphatic carbocycles. The van der Waals surface area contributed by atoms with Crippen molar-refractivity contribution in [3.8, 4) is 0 Å². The molecular weight excluding hydrogens is 632 g/mol. The second-order valence-electron chi connectivity index (χ2n) is 20.7. The third kappa shape index (κ3) is 18.9. The van der Waals surface area contributed by atoms with Crippen LogP contribution in [0.15, 0.2) is 0 Å². The fourth-order valence-electron chi connectivity index (χ4n) is 8.29. The van der Waals surface area contributed by atoms with E-state index >= 15 is 0 Å². The van der Waals surface area contributed by atoms with Gasteiger partial charge in [0.15, 0.2) is 0 Å². The van der Waals surface area contributed by atoms with Gasteiger partial charge in [-0.05, 0) is 99.2 Å². The normalized spacial score (nSPS) is 19.8. The first-order valence-corrected chi connectivity index (χ1v) is 19.1. The summed E-state index contributed by atoms with van der Waals surface area (Å²) in [6.45, 7) is 32.7. The Balaban J connectivity index is 0. The van der Waals surface area contributed by atoms with E-state index in [9.17, 15) is 29.4 Å². The van der Waals surface area contributed by atoms with Crippen LogP contribution < -0.4 is 0 Å². The van der Waals surface area contributed by atoms with Crippen molar-refractivity contribution in [3.05, 3.63) is 0 Å². The van der Waals surface area contributed by atoms with Crippen molar-refractivity contribution in [3.63, 3.8) is 0 Å². The van der Waals surface area contributed by atoms with Gasteiger partial charge in [0.2, 0.25) is 0 Å². The summed E-state index contributed by atoms with van der Waals surface area (Å²) < 4.78 is 0. The molecule has 2 saturated carbocycles. The van der Waals surface area contributed by atoms with E-state index in [2.05, 4.69) is 83.1 Å². The van der Waals surface area contributed by atoms with Gasteiger partial charge in [-0.25, -0.2) is 0 Å². The zero-order valence-corrected chi connectivity index (χ0v) is 35.3. The summed E-state index contributed by atoms with van der Waals surface area (Å²) in [7, 11) is 0. The SMILES string of the molecule is CC(C)(C)C1CCCCC1C(=O)O.CC(C)(C)CC(C)(C)C(=O)O.CC(C)(C)CC1(C(=O)O)CCCC1.CCC(CC)(CC(C)(C)C)C(=O)O. The van der Waals surface area contributed by atoms with Gasteiger partial charge < -0.3 is 20.4 Å². The van der Waals surface area contributed by atoms with Crippen LogP contribution in [0.5, 0.6) is 0 Å². The van der Waals surface area contributed by atoms with E-state index in [4.69, 9.17) is 10.2 Å². The number of aliphatic carboxylic acids is 4.